The van der Waals surface area contributed by atoms with Gasteiger partial charge in [-0.3, -0.25) is 4.79 Å². The highest BCUT2D eigenvalue weighted by Crippen LogP contribution is 2.19. The van der Waals surface area contributed by atoms with E-state index in [2.05, 4.69) is 19.1 Å². The minimum atomic E-state index is -2.95. The van der Waals surface area contributed by atoms with Gasteiger partial charge in [-0.05, 0) is 38.5 Å². The van der Waals surface area contributed by atoms with Crippen LogP contribution in [0.2, 0.25) is 0 Å². The number of allylic oxidation sites excluding steroid dienone is 2. The van der Waals surface area contributed by atoms with Crippen molar-refractivity contribution in [2.24, 2.45) is 0 Å². The topological polar surface area (TPSA) is 54.0 Å². The number of carbonyl (C=O) groups excluding carboxylic acids is 1. The second-order valence-corrected chi connectivity index (χ2v) is 11.0. The van der Waals surface area contributed by atoms with Crippen LogP contribution in [0.5, 0.6) is 0 Å². The molecule has 0 N–H and O–H groups in total. The van der Waals surface area contributed by atoms with Crippen LogP contribution in [0.1, 0.15) is 110 Å². The molecule has 0 spiro atoms. The summed E-state index contributed by atoms with van der Waals surface area (Å²) in [5.41, 5.74) is -0.451. The number of rotatable bonds is 21. The average Bonchev–Trinajstić information content (AvgIpc) is 2.77. The Balaban J connectivity index is 3.70. The average molecular weight is 445 g/mol. The molecule has 0 bridgehead atoms. The number of hydrogen-bond acceptors (Lipinski definition) is 5. The van der Waals surface area contributed by atoms with Crippen molar-refractivity contribution in [2.75, 3.05) is 21.3 Å². The van der Waals surface area contributed by atoms with E-state index in [1.54, 1.807) is 21.3 Å². The summed E-state index contributed by atoms with van der Waals surface area (Å²) in [5.74, 6) is -0.192. The fourth-order valence-corrected chi connectivity index (χ4v) is 5.67. The zero-order chi connectivity index (χ0) is 22.5. The van der Waals surface area contributed by atoms with Gasteiger partial charge in [0.2, 0.25) is 0 Å². The Morgan fingerprint density at radius 1 is 0.733 bits per heavy atom. The highest BCUT2D eigenvalue weighted by atomic mass is 28.4. The maximum atomic E-state index is 12.2. The van der Waals surface area contributed by atoms with Gasteiger partial charge in [-0.1, -0.05) is 77.4 Å². The standard InChI is InChI=1S/C24H48O5Si/c1-6-8-9-10-11-12-13-14-15-16-17-18-19-20-21-22-23(25)29-24(7-2)30(26-3,27-4)28-5/h14-15,24H,6-13,16-22H2,1-5H3/b15-14-. The third-order valence-electron chi connectivity index (χ3n) is 5.54. The highest BCUT2D eigenvalue weighted by Gasteiger charge is 2.49. The van der Waals surface area contributed by atoms with E-state index < -0.39 is 14.5 Å². The first-order valence-electron chi connectivity index (χ1n) is 12.1. The van der Waals surface area contributed by atoms with Crippen molar-refractivity contribution in [1.29, 1.82) is 0 Å². The van der Waals surface area contributed by atoms with E-state index in [0.717, 1.165) is 12.8 Å². The van der Waals surface area contributed by atoms with Crippen LogP contribution in [-0.4, -0.2) is 41.8 Å². The van der Waals surface area contributed by atoms with Crippen LogP contribution in [0.15, 0.2) is 12.2 Å². The quantitative estimate of drug-likeness (QED) is 0.0847. The van der Waals surface area contributed by atoms with Crippen molar-refractivity contribution in [3.63, 3.8) is 0 Å². The lowest BCUT2D eigenvalue weighted by Gasteiger charge is -2.31. The number of ether oxygens (including phenoxy) is 1. The van der Waals surface area contributed by atoms with Gasteiger partial charge in [0.1, 0.15) is 0 Å². The molecule has 0 heterocycles. The Morgan fingerprint density at radius 2 is 1.20 bits per heavy atom. The molecule has 0 aromatic carbocycles. The van der Waals surface area contributed by atoms with Gasteiger partial charge in [0, 0.05) is 27.8 Å². The smallest absolute Gasteiger partial charge is 0.458 e. The van der Waals surface area contributed by atoms with E-state index in [-0.39, 0.29) is 5.97 Å². The SMILES string of the molecule is CCCCCCCC/C=C\CCCCCCCC(=O)OC(CC)[Si](OC)(OC)OC. The first-order valence-corrected chi connectivity index (χ1v) is 13.9. The molecule has 0 radical (unpaired) electrons. The highest BCUT2D eigenvalue weighted by molar-refractivity contribution is 6.62. The molecule has 6 heteroatoms. The molecule has 178 valence electrons. The molecular weight excluding hydrogens is 396 g/mol. The van der Waals surface area contributed by atoms with Crippen LogP contribution in [0, 0.1) is 0 Å². The van der Waals surface area contributed by atoms with E-state index in [0.29, 0.717) is 12.8 Å². The third-order valence-corrected chi connectivity index (χ3v) is 8.56. The zero-order valence-electron chi connectivity index (χ0n) is 20.4. The van der Waals surface area contributed by atoms with Crippen molar-refractivity contribution in [2.45, 2.75) is 116 Å². The summed E-state index contributed by atoms with van der Waals surface area (Å²) in [7, 11) is 1.67. The lowest BCUT2D eigenvalue weighted by atomic mass is 10.1. The molecule has 5 nitrogen and oxygen atoms in total. The molecule has 0 fully saturated rings. The molecule has 0 aliphatic carbocycles. The van der Waals surface area contributed by atoms with Crippen LogP contribution in [0.4, 0.5) is 0 Å². The van der Waals surface area contributed by atoms with Gasteiger partial charge < -0.3 is 18.0 Å². The number of hydrogen-bond donors (Lipinski definition) is 0. The molecule has 1 unspecified atom stereocenters. The Morgan fingerprint density at radius 3 is 1.67 bits per heavy atom. The van der Waals surface area contributed by atoms with Gasteiger partial charge in [-0.15, -0.1) is 0 Å². The van der Waals surface area contributed by atoms with E-state index >= 15 is 0 Å². The summed E-state index contributed by atoms with van der Waals surface area (Å²) in [6.07, 6.45) is 21.9. The van der Waals surface area contributed by atoms with Crippen molar-refractivity contribution in [1.82, 2.24) is 0 Å². The lowest BCUT2D eigenvalue weighted by molar-refractivity contribution is -0.148. The fourth-order valence-electron chi connectivity index (χ4n) is 3.61. The molecule has 0 aromatic rings. The van der Waals surface area contributed by atoms with E-state index in [9.17, 15) is 4.79 Å². The summed E-state index contributed by atoms with van der Waals surface area (Å²) in [6, 6.07) is 0. The van der Waals surface area contributed by atoms with E-state index in [4.69, 9.17) is 18.0 Å². The maximum Gasteiger partial charge on any atom is 0.543 e. The van der Waals surface area contributed by atoms with Gasteiger partial charge in [-0.2, -0.15) is 0 Å². The molecule has 0 rings (SSSR count). The van der Waals surface area contributed by atoms with Gasteiger partial charge in [-0.25, -0.2) is 0 Å². The van der Waals surface area contributed by atoms with Crippen molar-refractivity contribution in [3.8, 4) is 0 Å². The molecule has 0 aliphatic heterocycles. The molecular formula is C24H48O5Si. The minimum absolute atomic E-state index is 0.192. The van der Waals surface area contributed by atoms with Crippen molar-refractivity contribution in [3.05, 3.63) is 12.2 Å². The second-order valence-electron chi connectivity index (χ2n) is 7.94. The van der Waals surface area contributed by atoms with Crippen LogP contribution >= 0.6 is 0 Å². The monoisotopic (exact) mass is 444 g/mol. The lowest BCUT2D eigenvalue weighted by Crippen LogP contribution is -2.55. The summed E-state index contributed by atoms with van der Waals surface area (Å²) < 4.78 is 21.9. The van der Waals surface area contributed by atoms with Gasteiger partial charge in [0.25, 0.3) is 0 Å². The molecule has 0 saturated carbocycles. The third kappa shape index (κ3) is 13.6. The first kappa shape index (κ1) is 29.3. The molecule has 0 saturated heterocycles. The molecule has 30 heavy (non-hydrogen) atoms. The maximum absolute atomic E-state index is 12.2. The minimum Gasteiger partial charge on any atom is -0.458 e. The number of esters is 1. The number of unbranched alkanes of at least 4 members (excludes halogenated alkanes) is 11. The predicted octanol–water partition coefficient (Wildman–Crippen LogP) is 6.76. The molecule has 0 aliphatic rings. The Hall–Kier alpha value is -0.693. The van der Waals surface area contributed by atoms with E-state index in [1.165, 1.54) is 70.6 Å². The van der Waals surface area contributed by atoms with Gasteiger partial charge >= 0.3 is 14.8 Å². The molecule has 1 atom stereocenters. The largest absolute Gasteiger partial charge is 0.543 e. The van der Waals surface area contributed by atoms with Crippen molar-refractivity contribution >= 4 is 14.8 Å². The molecule has 0 amide bonds. The first-order chi connectivity index (χ1) is 14.6. The summed E-state index contributed by atoms with van der Waals surface area (Å²) in [6.45, 7) is 4.21. The van der Waals surface area contributed by atoms with Crippen LogP contribution in [0.25, 0.3) is 0 Å². The second kappa shape index (κ2) is 20.2. The molecule has 0 aromatic heterocycles. The van der Waals surface area contributed by atoms with Gasteiger partial charge in [0.15, 0.2) is 5.73 Å². The zero-order valence-corrected chi connectivity index (χ0v) is 21.4. The Labute approximate surface area is 187 Å². The predicted molar refractivity (Wildman–Crippen MR) is 126 cm³/mol. The summed E-state index contributed by atoms with van der Waals surface area (Å²) in [5, 5.41) is 0. The van der Waals surface area contributed by atoms with Crippen molar-refractivity contribution < 1.29 is 22.8 Å². The van der Waals surface area contributed by atoms with E-state index in [1.807, 2.05) is 6.92 Å². The van der Waals surface area contributed by atoms with Crippen LogP contribution in [-0.2, 0) is 22.8 Å². The summed E-state index contributed by atoms with van der Waals surface area (Å²) in [4.78, 5) is 12.2. The van der Waals surface area contributed by atoms with Gasteiger partial charge in [0.05, 0.1) is 0 Å². The normalized spacial score (nSPS) is 13.1. The Kier molecular flexibility index (Phi) is 19.8. The number of carbonyl (C=O) groups is 1. The van der Waals surface area contributed by atoms with Crippen LogP contribution in [0.3, 0.4) is 0 Å². The van der Waals surface area contributed by atoms with Crippen LogP contribution < -0.4 is 0 Å². The Bertz CT molecular complexity index is 416. The fraction of sp³-hybridized carbons (Fsp3) is 0.875. The summed E-state index contributed by atoms with van der Waals surface area (Å²) >= 11 is 0.